The number of aliphatic hydroxyl groups is 1. The van der Waals surface area contributed by atoms with Gasteiger partial charge in [-0.1, -0.05) is 18.2 Å². The molecule has 34 heavy (non-hydrogen) atoms. The number of aliphatic hydroxyl groups excluding tert-OH is 1. The Hall–Kier alpha value is -3.52. The molecule has 0 bridgehead atoms. The largest absolute Gasteiger partial charge is 0.507 e. The van der Waals surface area contributed by atoms with Gasteiger partial charge in [0.15, 0.2) is 11.5 Å². The van der Waals surface area contributed by atoms with Gasteiger partial charge in [0.2, 0.25) is 0 Å². The van der Waals surface area contributed by atoms with Crippen molar-refractivity contribution in [1.29, 1.82) is 0 Å². The molecule has 1 saturated heterocycles. The minimum atomic E-state index is -0.816. The predicted octanol–water partition coefficient (Wildman–Crippen LogP) is 3.95. The van der Waals surface area contributed by atoms with Crippen LogP contribution in [0.15, 0.2) is 48.0 Å². The van der Waals surface area contributed by atoms with Crippen LogP contribution >= 0.6 is 0 Å². The number of amides is 1. The van der Waals surface area contributed by atoms with Gasteiger partial charge in [-0.15, -0.1) is 0 Å². The number of hydrogen-bond acceptors (Lipinski definition) is 7. The third kappa shape index (κ3) is 5.02. The molecule has 0 spiro atoms. The molecular formula is C26H31NO7. The number of para-hydroxylation sites is 1. The minimum absolute atomic E-state index is 0.00787. The molecule has 0 aliphatic carbocycles. The Morgan fingerprint density at radius 2 is 1.71 bits per heavy atom. The smallest absolute Gasteiger partial charge is 0.295 e. The van der Waals surface area contributed by atoms with Crippen LogP contribution in [0, 0.1) is 0 Å². The molecule has 1 fully saturated rings. The summed E-state index contributed by atoms with van der Waals surface area (Å²) in [6.07, 6.45) is 0.463. The highest BCUT2D eigenvalue weighted by molar-refractivity contribution is 6.46. The lowest BCUT2D eigenvalue weighted by atomic mass is 9.94. The maximum Gasteiger partial charge on any atom is 0.295 e. The first-order chi connectivity index (χ1) is 16.3. The molecule has 1 heterocycles. The van der Waals surface area contributed by atoms with E-state index in [1.54, 1.807) is 49.6 Å². The maximum atomic E-state index is 13.2. The second-order valence-corrected chi connectivity index (χ2v) is 8.12. The molecule has 1 aliphatic rings. The third-order valence-electron chi connectivity index (χ3n) is 5.52. The van der Waals surface area contributed by atoms with Crippen LogP contribution < -0.4 is 14.2 Å². The van der Waals surface area contributed by atoms with Crippen molar-refractivity contribution < 1.29 is 33.6 Å². The zero-order valence-corrected chi connectivity index (χ0v) is 20.2. The average Bonchev–Trinajstić information content (AvgIpc) is 3.08. The maximum absolute atomic E-state index is 13.2. The van der Waals surface area contributed by atoms with E-state index in [1.807, 2.05) is 13.8 Å². The summed E-state index contributed by atoms with van der Waals surface area (Å²) >= 11 is 0. The Labute approximate surface area is 199 Å². The van der Waals surface area contributed by atoms with Gasteiger partial charge >= 0.3 is 0 Å². The van der Waals surface area contributed by atoms with Crippen molar-refractivity contribution in [2.24, 2.45) is 0 Å². The molecule has 8 nitrogen and oxygen atoms in total. The summed E-state index contributed by atoms with van der Waals surface area (Å²) in [6.45, 7) is 4.52. The normalized spacial score (nSPS) is 17.4. The average molecular weight is 470 g/mol. The highest BCUT2D eigenvalue weighted by Gasteiger charge is 2.46. The van der Waals surface area contributed by atoms with Crippen LogP contribution in [-0.4, -0.2) is 62.3 Å². The number of carbonyl (C=O) groups excluding carboxylic acids is 2. The zero-order valence-electron chi connectivity index (χ0n) is 20.2. The molecule has 0 saturated carbocycles. The topological polar surface area (TPSA) is 94.5 Å². The van der Waals surface area contributed by atoms with Crippen molar-refractivity contribution in [3.63, 3.8) is 0 Å². The number of rotatable bonds is 10. The second kappa shape index (κ2) is 11.1. The Bertz CT molecular complexity index is 1080. The molecule has 2 aromatic carbocycles. The van der Waals surface area contributed by atoms with Crippen LogP contribution in [0.25, 0.3) is 5.76 Å². The molecule has 182 valence electrons. The fourth-order valence-corrected chi connectivity index (χ4v) is 4.03. The monoisotopic (exact) mass is 469 g/mol. The Kier molecular flexibility index (Phi) is 8.17. The van der Waals surface area contributed by atoms with Crippen LogP contribution in [0.2, 0.25) is 0 Å². The van der Waals surface area contributed by atoms with Crippen LogP contribution in [0.1, 0.15) is 37.4 Å². The van der Waals surface area contributed by atoms with Crippen molar-refractivity contribution in [2.45, 2.75) is 32.4 Å². The summed E-state index contributed by atoms with van der Waals surface area (Å²) in [4.78, 5) is 27.7. The van der Waals surface area contributed by atoms with Gasteiger partial charge in [-0.3, -0.25) is 9.59 Å². The summed E-state index contributed by atoms with van der Waals surface area (Å²) in [5.74, 6) is -0.335. The standard InChI is InChI=1S/C26H31NO7/c1-16(2)34-20-12-11-17(15-21(20)33-5)23-22(24(28)18-9-6-7-10-19(18)32-4)25(29)26(30)27(23)13-8-14-31-3/h6-7,9-12,15-16,23,28H,8,13-14H2,1-5H3/b24-22-. The molecule has 1 unspecified atom stereocenters. The fourth-order valence-electron chi connectivity index (χ4n) is 4.03. The van der Waals surface area contributed by atoms with Gasteiger partial charge in [0, 0.05) is 20.3 Å². The second-order valence-electron chi connectivity index (χ2n) is 8.12. The number of Topliss-reactive ketones (excluding diaryl/α,β-unsaturated/α-hetero) is 1. The SMILES string of the molecule is COCCCN1C(=O)C(=O)/C(=C(\O)c2ccccc2OC)C1c1ccc(OC(C)C)c(OC)c1. The molecule has 0 aromatic heterocycles. The summed E-state index contributed by atoms with van der Waals surface area (Å²) in [7, 11) is 4.58. The van der Waals surface area contributed by atoms with Crippen LogP contribution in [0.3, 0.4) is 0 Å². The van der Waals surface area contributed by atoms with Gasteiger partial charge in [-0.2, -0.15) is 0 Å². The number of hydrogen-bond donors (Lipinski definition) is 1. The molecule has 0 radical (unpaired) electrons. The quantitative estimate of drug-likeness (QED) is 0.244. The van der Waals surface area contributed by atoms with Gasteiger partial charge in [0.1, 0.15) is 11.5 Å². The van der Waals surface area contributed by atoms with Gasteiger partial charge in [-0.25, -0.2) is 0 Å². The van der Waals surface area contributed by atoms with E-state index in [4.69, 9.17) is 18.9 Å². The molecular weight excluding hydrogens is 438 g/mol. The summed E-state index contributed by atoms with van der Waals surface area (Å²) in [5.41, 5.74) is 0.934. The summed E-state index contributed by atoms with van der Waals surface area (Å²) < 4.78 is 21.8. The van der Waals surface area contributed by atoms with E-state index < -0.39 is 17.7 Å². The Morgan fingerprint density at radius 1 is 1.00 bits per heavy atom. The lowest BCUT2D eigenvalue weighted by molar-refractivity contribution is -0.140. The summed E-state index contributed by atoms with van der Waals surface area (Å²) in [6, 6.07) is 11.2. The number of likely N-dealkylation sites (tertiary alicyclic amines) is 1. The number of carbonyl (C=O) groups is 2. The first kappa shape index (κ1) is 25.1. The number of benzene rings is 2. The van der Waals surface area contributed by atoms with E-state index in [9.17, 15) is 14.7 Å². The van der Waals surface area contributed by atoms with Gasteiger partial charge in [-0.05, 0) is 50.1 Å². The Morgan fingerprint density at radius 3 is 2.35 bits per heavy atom. The third-order valence-corrected chi connectivity index (χ3v) is 5.52. The highest BCUT2D eigenvalue weighted by Crippen LogP contribution is 2.43. The lowest BCUT2D eigenvalue weighted by Gasteiger charge is -2.26. The van der Waals surface area contributed by atoms with Crippen molar-refractivity contribution >= 4 is 17.4 Å². The predicted molar refractivity (Wildman–Crippen MR) is 127 cm³/mol. The van der Waals surface area contributed by atoms with E-state index in [0.29, 0.717) is 41.4 Å². The van der Waals surface area contributed by atoms with Crippen molar-refractivity contribution in [3.05, 3.63) is 59.2 Å². The van der Waals surface area contributed by atoms with E-state index in [1.165, 1.54) is 19.1 Å². The van der Waals surface area contributed by atoms with Crippen molar-refractivity contribution in [1.82, 2.24) is 4.90 Å². The Balaban J connectivity index is 2.18. The van der Waals surface area contributed by atoms with Crippen LogP contribution in [0.5, 0.6) is 17.2 Å². The van der Waals surface area contributed by atoms with Gasteiger partial charge < -0.3 is 29.0 Å². The minimum Gasteiger partial charge on any atom is -0.507 e. The van der Waals surface area contributed by atoms with E-state index in [2.05, 4.69) is 0 Å². The van der Waals surface area contributed by atoms with Gasteiger partial charge in [0.05, 0.1) is 37.5 Å². The van der Waals surface area contributed by atoms with Crippen LogP contribution in [0.4, 0.5) is 0 Å². The molecule has 3 rings (SSSR count). The first-order valence-corrected chi connectivity index (χ1v) is 11.1. The molecule has 1 atom stereocenters. The van der Waals surface area contributed by atoms with E-state index >= 15 is 0 Å². The lowest BCUT2D eigenvalue weighted by Crippen LogP contribution is -2.31. The number of methoxy groups -OCH3 is 3. The van der Waals surface area contributed by atoms with Crippen molar-refractivity contribution in [2.75, 3.05) is 34.5 Å². The number of ether oxygens (including phenoxy) is 4. The van der Waals surface area contributed by atoms with E-state index in [-0.39, 0.29) is 24.0 Å². The molecule has 1 N–H and O–H groups in total. The number of nitrogens with zero attached hydrogens (tertiary/aromatic N) is 1. The molecule has 8 heteroatoms. The zero-order chi connectivity index (χ0) is 24.8. The van der Waals surface area contributed by atoms with E-state index in [0.717, 1.165) is 0 Å². The molecule has 1 amide bonds. The molecule has 2 aromatic rings. The van der Waals surface area contributed by atoms with Gasteiger partial charge in [0.25, 0.3) is 11.7 Å². The van der Waals surface area contributed by atoms with Crippen LogP contribution in [-0.2, 0) is 14.3 Å². The number of ketones is 1. The summed E-state index contributed by atoms with van der Waals surface area (Å²) in [5, 5.41) is 11.3. The van der Waals surface area contributed by atoms with Crippen molar-refractivity contribution in [3.8, 4) is 17.2 Å². The highest BCUT2D eigenvalue weighted by atomic mass is 16.5. The first-order valence-electron chi connectivity index (χ1n) is 11.1. The molecule has 1 aliphatic heterocycles. The fraction of sp³-hybridized carbons (Fsp3) is 0.385.